The van der Waals surface area contributed by atoms with Gasteiger partial charge in [0.1, 0.15) is 5.75 Å². The van der Waals surface area contributed by atoms with Crippen LogP contribution in [0.3, 0.4) is 0 Å². The number of carbonyl (C=O) groups excluding carboxylic acids is 1. The molecule has 0 saturated carbocycles. The lowest BCUT2D eigenvalue weighted by atomic mass is 10.2. The van der Waals surface area contributed by atoms with Gasteiger partial charge in [-0.15, -0.1) is 13.2 Å². The molecule has 7 nitrogen and oxygen atoms in total. The van der Waals surface area contributed by atoms with Gasteiger partial charge < -0.3 is 14.5 Å². The van der Waals surface area contributed by atoms with Crippen LogP contribution in [-0.4, -0.2) is 63.0 Å². The van der Waals surface area contributed by atoms with Crippen LogP contribution in [0.4, 0.5) is 18.3 Å². The number of nitrogens with zero attached hydrogens (tertiary/aromatic N) is 3. The fourth-order valence-electron chi connectivity index (χ4n) is 3.37. The zero-order valence-electron chi connectivity index (χ0n) is 16.8. The molecule has 1 saturated heterocycles. The third-order valence-corrected chi connectivity index (χ3v) is 7.12. The summed E-state index contributed by atoms with van der Waals surface area (Å²) in [7, 11) is -3.42. The van der Waals surface area contributed by atoms with Crippen molar-refractivity contribution in [2.75, 3.05) is 37.3 Å². The van der Waals surface area contributed by atoms with Crippen molar-refractivity contribution in [1.82, 2.24) is 9.88 Å². The van der Waals surface area contributed by atoms with Crippen molar-refractivity contribution in [3.63, 3.8) is 0 Å². The number of thiazole rings is 1. The number of rotatable bonds is 4. The number of halogens is 3. The maximum Gasteiger partial charge on any atom is 0.573 e. The third-order valence-electron chi connectivity index (χ3n) is 4.93. The van der Waals surface area contributed by atoms with Gasteiger partial charge in [-0.05, 0) is 30.3 Å². The fraction of sp³-hybridized carbons (Fsp3) is 0.300. The van der Waals surface area contributed by atoms with Crippen LogP contribution in [0.1, 0.15) is 10.4 Å². The molecule has 0 unspecified atom stereocenters. The first kappa shape index (κ1) is 22.3. The highest BCUT2D eigenvalue weighted by atomic mass is 32.2. The van der Waals surface area contributed by atoms with Gasteiger partial charge in [0.25, 0.3) is 5.91 Å². The summed E-state index contributed by atoms with van der Waals surface area (Å²) in [5.41, 5.74) is 0.870. The van der Waals surface area contributed by atoms with Gasteiger partial charge in [-0.2, -0.15) is 0 Å². The average Bonchev–Trinajstić information content (AvgIpc) is 3.15. The van der Waals surface area contributed by atoms with Crippen LogP contribution in [0.15, 0.2) is 47.4 Å². The maximum atomic E-state index is 12.8. The minimum absolute atomic E-state index is 0.0883. The van der Waals surface area contributed by atoms with E-state index in [1.165, 1.54) is 47.7 Å². The third kappa shape index (κ3) is 4.96. The van der Waals surface area contributed by atoms with Crippen molar-refractivity contribution >= 4 is 42.4 Å². The van der Waals surface area contributed by atoms with E-state index in [-0.39, 0.29) is 16.6 Å². The molecule has 0 spiro atoms. The van der Waals surface area contributed by atoms with Gasteiger partial charge in [0, 0.05) is 44.1 Å². The van der Waals surface area contributed by atoms with E-state index in [1.54, 1.807) is 11.0 Å². The highest BCUT2D eigenvalue weighted by Gasteiger charge is 2.31. The van der Waals surface area contributed by atoms with E-state index < -0.39 is 16.2 Å². The van der Waals surface area contributed by atoms with Crippen LogP contribution < -0.4 is 9.64 Å². The number of benzene rings is 2. The Morgan fingerprint density at radius 1 is 1.09 bits per heavy atom. The molecule has 2 heterocycles. The Labute approximate surface area is 185 Å². The Morgan fingerprint density at radius 2 is 1.81 bits per heavy atom. The minimum atomic E-state index is -4.76. The van der Waals surface area contributed by atoms with Crippen molar-refractivity contribution in [2.24, 2.45) is 0 Å². The number of hydrogen-bond acceptors (Lipinski definition) is 7. The average molecular weight is 486 g/mol. The van der Waals surface area contributed by atoms with E-state index >= 15 is 0 Å². The normalized spacial score (nSPS) is 15.2. The zero-order chi connectivity index (χ0) is 23.1. The van der Waals surface area contributed by atoms with Crippen LogP contribution >= 0.6 is 11.3 Å². The van der Waals surface area contributed by atoms with Crippen molar-refractivity contribution in [3.05, 3.63) is 48.0 Å². The second-order valence-electron chi connectivity index (χ2n) is 7.25. The summed E-state index contributed by atoms with van der Waals surface area (Å²) in [5, 5.41) is 0.648. The molecule has 12 heteroatoms. The number of piperazine rings is 1. The van der Waals surface area contributed by atoms with E-state index in [0.29, 0.717) is 47.1 Å². The first-order valence-electron chi connectivity index (χ1n) is 9.50. The molecule has 170 valence electrons. The Balaban J connectivity index is 1.44. The molecule has 0 atom stereocenters. The summed E-state index contributed by atoms with van der Waals surface area (Å²) in [4.78, 5) is 21.0. The number of carbonyl (C=O) groups is 1. The number of fused-ring (bicyclic) bond motifs is 1. The monoisotopic (exact) mass is 485 g/mol. The van der Waals surface area contributed by atoms with Crippen LogP contribution in [0.25, 0.3) is 10.2 Å². The molecule has 1 aliphatic heterocycles. The summed E-state index contributed by atoms with van der Waals surface area (Å²) < 4.78 is 65.3. The number of alkyl halides is 3. The first-order chi connectivity index (χ1) is 15.0. The molecule has 1 fully saturated rings. The molecule has 32 heavy (non-hydrogen) atoms. The SMILES string of the molecule is CS(=O)(=O)c1cccc(C(=O)N2CCN(c3nc4ccc(OC(F)(F)F)cc4s3)CC2)c1. The quantitative estimate of drug-likeness (QED) is 0.562. The zero-order valence-corrected chi connectivity index (χ0v) is 18.4. The Bertz CT molecular complexity index is 1270. The van der Waals surface area contributed by atoms with Crippen molar-refractivity contribution in [2.45, 2.75) is 11.3 Å². The maximum absolute atomic E-state index is 12.8. The Hall–Kier alpha value is -2.86. The highest BCUT2D eigenvalue weighted by Crippen LogP contribution is 2.33. The largest absolute Gasteiger partial charge is 0.573 e. The second-order valence-corrected chi connectivity index (χ2v) is 10.3. The fourth-order valence-corrected chi connectivity index (χ4v) is 5.08. The summed E-state index contributed by atoms with van der Waals surface area (Å²) in [5.74, 6) is -0.555. The molecular formula is C20H18F3N3O4S2. The van der Waals surface area contributed by atoms with E-state index in [1.807, 2.05) is 4.90 Å². The van der Waals surface area contributed by atoms with E-state index in [9.17, 15) is 26.4 Å². The van der Waals surface area contributed by atoms with E-state index in [4.69, 9.17) is 0 Å². The predicted molar refractivity (Wildman–Crippen MR) is 114 cm³/mol. The number of amides is 1. The lowest BCUT2D eigenvalue weighted by molar-refractivity contribution is -0.274. The number of hydrogen-bond donors (Lipinski definition) is 0. The minimum Gasteiger partial charge on any atom is -0.406 e. The summed E-state index contributed by atoms with van der Waals surface area (Å²) >= 11 is 1.25. The highest BCUT2D eigenvalue weighted by molar-refractivity contribution is 7.90. The molecule has 3 aromatic rings. The van der Waals surface area contributed by atoms with Crippen molar-refractivity contribution in [1.29, 1.82) is 0 Å². The molecule has 1 amide bonds. The molecule has 4 rings (SSSR count). The van der Waals surface area contributed by atoms with Crippen LogP contribution in [0.5, 0.6) is 5.75 Å². The Kier molecular flexibility index (Phi) is 5.76. The first-order valence-corrected chi connectivity index (χ1v) is 12.2. The standard InChI is InChI=1S/C20H18F3N3O4S2/c1-32(28,29)15-4-2-3-13(11-15)18(27)25-7-9-26(10-8-25)19-24-16-6-5-14(12-17(16)31-19)30-20(21,22)23/h2-6,11-12H,7-10H2,1H3. The topological polar surface area (TPSA) is 79.8 Å². The van der Waals surface area contributed by atoms with Gasteiger partial charge in [0.2, 0.25) is 0 Å². The van der Waals surface area contributed by atoms with E-state index in [2.05, 4.69) is 9.72 Å². The molecule has 0 radical (unpaired) electrons. The molecule has 0 bridgehead atoms. The lowest BCUT2D eigenvalue weighted by Crippen LogP contribution is -2.48. The van der Waals surface area contributed by atoms with Gasteiger partial charge in [0.15, 0.2) is 15.0 Å². The summed E-state index contributed by atoms with van der Waals surface area (Å²) in [6, 6.07) is 9.94. The second kappa shape index (κ2) is 8.24. The van der Waals surface area contributed by atoms with E-state index in [0.717, 1.165) is 6.26 Å². The predicted octanol–water partition coefficient (Wildman–Crippen LogP) is 3.56. The molecule has 2 aromatic carbocycles. The molecule has 0 aliphatic carbocycles. The van der Waals surface area contributed by atoms with Gasteiger partial charge in [-0.25, -0.2) is 13.4 Å². The molecule has 1 aromatic heterocycles. The van der Waals surface area contributed by atoms with Crippen molar-refractivity contribution < 1.29 is 31.1 Å². The van der Waals surface area contributed by atoms with Crippen LogP contribution in [0, 0.1) is 0 Å². The molecular weight excluding hydrogens is 467 g/mol. The summed E-state index contributed by atoms with van der Waals surface area (Å²) in [6.07, 6.45) is -3.67. The van der Waals surface area contributed by atoms with Crippen LogP contribution in [0.2, 0.25) is 0 Å². The van der Waals surface area contributed by atoms with Gasteiger partial charge >= 0.3 is 6.36 Å². The summed E-state index contributed by atoms with van der Waals surface area (Å²) in [6.45, 7) is 1.78. The molecule has 1 aliphatic rings. The smallest absolute Gasteiger partial charge is 0.406 e. The van der Waals surface area contributed by atoms with Gasteiger partial charge in [-0.3, -0.25) is 4.79 Å². The van der Waals surface area contributed by atoms with Crippen LogP contribution in [-0.2, 0) is 9.84 Å². The number of ether oxygens (including phenoxy) is 1. The van der Waals surface area contributed by atoms with Gasteiger partial charge in [-0.1, -0.05) is 17.4 Å². The lowest BCUT2D eigenvalue weighted by Gasteiger charge is -2.34. The number of aromatic nitrogens is 1. The number of anilines is 1. The van der Waals surface area contributed by atoms with Crippen molar-refractivity contribution in [3.8, 4) is 5.75 Å². The van der Waals surface area contributed by atoms with Gasteiger partial charge in [0.05, 0.1) is 15.1 Å². The Morgan fingerprint density at radius 3 is 2.47 bits per heavy atom. The molecule has 0 N–H and O–H groups in total. The number of sulfone groups is 1.